The molecule has 0 radical (unpaired) electrons. The highest BCUT2D eigenvalue weighted by molar-refractivity contribution is 5.18. The van der Waals surface area contributed by atoms with E-state index in [9.17, 15) is 0 Å². The van der Waals surface area contributed by atoms with Crippen molar-refractivity contribution < 1.29 is 0 Å². The lowest BCUT2D eigenvalue weighted by atomic mass is 9.61. The Morgan fingerprint density at radius 3 is 1.78 bits per heavy atom. The molecule has 8 aliphatic rings. The summed E-state index contributed by atoms with van der Waals surface area (Å²) in [5.74, 6) is 10.4. The molecule has 0 aromatic rings. The first-order chi connectivity index (χ1) is 17.9. The zero-order valence-corrected chi connectivity index (χ0v) is 25.0. The van der Waals surface area contributed by atoms with Crippen LogP contribution >= 0.6 is 0 Å². The van der Waals surface area contributed by atoms with Gasteiger partial charge in [-0.2, -0.15) is 0 Å². The zero-order valence-electron chi connectivity index (χ0n) is 25.0. The summed E-state index contributed by atoms with van der Waals surface area (Å²) in [6, 6.07) is 2.83. The van der Waals surface area contributed by atoms with Gasteiger partial charge in [0.15, 0.2) is 0 Å². The topological polar surface area (TPSA) is 3.24 Å². The van der Waals surface area contributed by atoms with Crippen molar-refractivity contribution in [3.63, 3.8) is 0 Å². The molecule has 208 valence electrons. The van der Waals surface area contributed by atoms with E-state index in [0.29, 0.717) is 10.8 Å². The summed E-state index contributed by atoms with van der Waals surface area (Å²) in [6.07, 6.45) is 26.4. The van der Waals surface area contributed by atoms with Crippen LogP contribution in [0.1, 0.15) is 137 Å². The fourth-order valence-corrected chi connectivity index (χ4v) is 15.0. The Morgan fingerprint density at radius 1 is 0.432 bits per heavy atom. The molecule has 1 heteroatoms. The summed E-state index contributed by atoms with van der Waals surface area (Å²) < 4.78 is 0. The van der Waals surface area contributed by atoms with Crippen molar-refractivity contribution in [2.24, 2.45) is 70.0 Å². The van der Waals surface area contributed by atoms with Crippen LogP contribution in [0.25, 0.3) is 0 Å². The second kappa shape index (κ2) is 8.73. The highest BCUT2D eigenvalue weighted by atomic mass is 15.3. The molecule has 1 heterocycles. The Bertz CT molecular complexity index is 872. The molecule has 0 bridgehead atoms. The van der Waals surface area contributed by atoms with Crippen molar-refractivity contribution in [3.05, 3.63) is 0 Å². The first kappa shape index (κ1) is 24.7. The highest BCUT2D eigenvalue weighted by Crippen LogP contribution is 2.70. The molecular weight excluding hydrogens is 446 g/mol. The van der Waals surface area contributed by atoms with Crippen LogP contribution in [0.5, 0.6) is 0 Å². The van der Waals surface area contributed by atoms with Crippen LogP contribution in [-0.4, -0.2) is 23.0 Å². The predicted molar refractivity (Wildman–Crippen MR) is 154 cm³/mol. The third kappa shape index (κ3) is 3.31. The molecule has 13 atom stereocenters. The van der Waals surface area contributed by atoms with Gasteiger partial charge in [0.2, 0.25) is 0 Å². The van der Waals surface area contributed by atoms with E-state index in [-0.39, 0.29) is 0 Å². The van der Waals surface area contributed by atoms with E-state index in [4.69, 9.17) is 0 Å². The maximum atomic E-state index is 3.48. The molecular formula is C36H59N. The molecule has 8 rings (SSSR count). The lowest BCUT2D eigenvalue weighted by molar-refractivity contribution is -0.0517. The normalized spacial score (nSPS) is 55.9. The van der Waals surface area contributed by atoms with Gasteiger partial charge in [-0.1, -0.05) is 72.6 Å². The average Bonchev–Trinajstić information content (AvgIpc) is 3.46. The summed E-state index contributed by atoms with van der Waals surface area (Å²) in [7, 11) is 0. The van der Waals surface area contributed by atoms with Gasteiger partial charge in [-0.25, -0.2) is 0 Å². The van der Waals surface area contributed by atoms with Crippen LogP contribution in [0, 0.1) is 70.0 Å². The standard InChI is InChI=1S/C36H59N/c1-35(2)28-16-9-6-14-26(28)32-29(35)17-11-19-31(32)37-30-18-10-7-13-23(30)25-21-20-24-22-12-5-8-15-27(22)36(3,4)33(24)34(25)37/h22-34H,5-21H2,1-4H3. The van der Waals surface area contributed by atoms with E-state index in [0.717, 1.165) is 77.3 Å². The third-order valence-corrected chi connectivity index (χ3v) is 15.9. The van der Waals surface area contributed by atoms with Crippen LogP contribution < -0.4 is 0 Å². The number of rotatable bonds is 1. The van der Waals surface area contributed by atoms with Gasteiger partial charge in [0.1, 0.15) is 0 Å². The number of nitrogens with zero attached hydrogens (tertiary/aromatic N) is 1. The molecule has 0 aromatic heterocycles. The Labute approximate surface area is 229 Å². The minimum absolute atomic E-state index is 0.571. The molecule has 0 N–H and O–H groups in total. The minimum Gasteiger partial charge on any atom is -0.293 e. The van der Waals surface area contributed by atoms with Crippen molar-refractivity contribution in [1.29, 1.82) is 0 Å². The van der Waals surface area contributed by atoms with Crippen LogP contribution in [0.4, 0.5) is 0 Å². The maximum Gasteiger partial charge on any atom is 0.0169 e. The van der Waals surface area contributed by atoms with Crippen LogP contribution in [0.3, 0.4) is 0 Å². The van der Waals surface area contributed by atoms with E-state index in [2.05, 4.69) is 32.6 Å². The van der Waals surface area contributed by atoms with Gasteiger partial charge >= 0.3 is 0 Å². The molecule has 7 saturated carbocycles. The van der Waals surface area contributed by atoms with Gasteiger partial charge in [0, 0.05) is 18.1 Å². The Morgan fingerprint density at radius 2 is 1.00 bits per heavy atom. The summed E-state index contributed by atoms with van der Waals surface area (Å²) >= 11 is 0. The Hall–Kier alpha value is -0.0400. The molecule has 13 unspecified atom stereocenters. The Balaban J connectivity index is 1.21. The minimum atomic E-state index is 0.571. The summed E-state index contributed by atoms with van der Waals surface area (Å²) in [6.45, 7) is 11.1. The van der Waals surface area contributed by atoms with E-state index in [1.54, 1.807) is 64.2 Å². The summed E-state index contributed by atoms with van der Waals surface area (Å²) in [4.78, 5) is 3.48. The lowest BCUT2D eigenvalue weighted by Crippen LogP contribution is -2.58. The smallest absolute Gasteiger partial charge is 0.0169 e. The summed E-state index contributed by atoms with van der Waals surface area (Å²) in [5.41, 5.74) is 1.16. The molecule has 8 fully saturated rings. The second-order valence-electron chi connectivity index (χ2n) is 17.3. The number of fused-ring (bicyclic) bond motifs is 10. The van der Waals surface area contributed by atoms with Crippen LogP contribution in [0.15, 0.2) is 0 Å². The van der Waals surface area contributed by atoms with Crippen molar-refractivity contribution in [2.45, 2.75) is 155 Å². The van der Waals surface area contributed by atoms with Crippen LogP contribution in [0.2, 0.25) is 0 Å². The molecule has 37 heavy (non-hydrogen) atoms. The first-order valence-electron chi connectivity index (χ1n) is 17.7. The van der Waals surface area contributed by atoms with Crippen molar-refractivity contribution in [1.82, 2.24) is 4.90 Å². The summed E-state index contributed by atoms with van der Waals surface area (Å²) in [5, 5.41) is 0. The van der Waals surface area contributed by atoms with Gasteiger partial charge in [-0.15, -0.1) is 0 Å². The lowest BCUT2D eigenvalue weighted by Gasteiger charge is -2.53. The fraction of sp³-hybridized carbons (Fsp3) is 1.00. The van der Waals surface area contributed by atoms with Crippen LogP contribution in [-0.2, 0) is 0 Å². The van der Waals surface area contributed by atoms with Gasteiger partial charge in [-0.05, 0) is 134 Å². The second-order valence-corrected chi connectivity index (χ2v) is 17.3. The Kier molecular flexibility index (Phi) is 5.83. The number of hydrogen-bond acceptors (Lipinski definition) is 1. The van der Waals surface area contributed by atoms with E-state index >= 15 is 0 Å². The van der Waals surface area contributed by atoms with Crippen molar-refractivity contribution in [3.8, 4) is 0 Å². The molecule has 1 saturated heterocycles. The third-order valence-electron chi connectivity index (χ3n) is 15.9. The van der Waals surface area contributed by atoms with E-state index < -0.39 is 0 Å². The predicted octanol–water partition coefficient (Wildman–Crippen LogP) is 9.35. The largest absolute Gasteiger partial charge is 0.293 e. The maximum absolute atomic E-state index is 3.48. The zero-order chi connectivity index (χ0) is 25.1. The van der Waals surface area contributed by atoms with Gasteiger partial charge in [-0.3, -0.25) is 4.90 Å². The number of hydrogen-bond donors (Lipinski definition) is 0. The van der Waals surface area contributed by atoms with Crippen molar-refractivity contribution in [2.75, 3.05) is 0 Å². The van der Waals surface area contributed by atoms with Gasteiger partial charge in [0.05, 0.1) is 0 Å². The monoisotopic (exact) mass is 505 g/mol. The highest BCUT2D eigenvalue weighted by Gasteiger charge is 2.67. The molecule has 1 aliphatic heterocycles. The quantitative estimate of drug-likeness (QED) is 0.343. The van der Waals surface area contributed by atoms with Gasteiger partial charge < -0.3 is 0 Å². The van der Waals surface area contributed by atoms with Crippen molar-refractivity contribution >= 4 is 0 Å². The first-order valence-corrected chi connectivity index (χ1v) is 17.7. The average molecular weight is 506 g/mol. The molecule has 0 amide bonds. The van der Waals surface area contributed by atoms with E-state index in [1.807, 2.05) is 0 Å². The fourth-order valence-electron chi connectivity index (χ4n) is 15.0. The van der Waals surface area contributed by atoms with Gasteiger partial charge in [0.25, 0.3) is 0 Å². The molecule has 0 aromatic carbocycles. The number of likely N-dealkylation sites (tertiary alicyclic amines) is 1. The SMILES string of the molecule is CC1(C)C2CCCCC2C2C(N3C4CCCCC4C4CCC5C6CCCCC6C(C)(C)C5C43)CCCC21. The van der Waals surface area contributed by atoms with E-state index in [1.165, 1.54) is 44.9 Å². The molecule has 0 spiro atoms. The molecule has 7 aliphatic carbocycles. The molecule has 1 nitrogen and oxygen atoms in total.